The number of nitrogens with zero attached hydrogens (tertiary/aromatic N) is 3. The number of rotatable bonds is 4. The van der Waals surface area contributed by atoms with Crippen LogP contribution in [0.4, 0.5) is 18.3 Å². The lowest BCUT2D eigenvalue weighted by atomic mass is 10.1. The fraction of sp³-hybridized carbons (Fsp3) is 0.333. The highest BCUT2D eigenvalue weighted by atomic mass is 32.1. The molecule has 164 valence electrons. The summed E-state index contributed by atoms with van der Waals surface area (Å²) in [6, 6.07) is 8.29. The second-order valence-electron chi connectivity index (χ2n) is 7.00. The molecule has 0 bridgehead atoms. The molecule has 0 N–H and O–H groups in total. The van der Waals surface area contributed by atoms with Gasteiger partial charge in [-0.05, 0) is 30.3 Å². The van der Waals surface area contributed by atoms with E-state index in [1.54, 1.807) is 19.1 Å². The van der Waals surface area contributed by atoms with Gasteiger partial charge in [-0.3, -0.25) is 4.79 Å². The van der Waals surface area contributed by atoms with Crippen LogP contribution in [-0.2, 0) is 6.18 Å². The van der Waals surface area contributed by atoms with Gasteiger partial charge in [0.1, 0.15) is 5.52 Å². The Labute approximate surface area is 180 Å². The van der Waals surface area contributed by atoms with Gasteiger partial charge < -0.3 is 19.3 Å². The number of methoxy groups -OCH3 is 2. The fourth-order valence-electron chi connectivity index (χ4n) is 3.54. The van der Waals surface area contributed by atoms with E-state index in [-0.39, 0.29) is 5.56 Å². The van der Waals surface area contributed by atoms with Gasteiger partial charge in [-0.15, -0.1) is 0 Å². The molecule has 1 amide bonds. The van der Waals surface area contributed by atoms with Gasteiger partial charge in [-0.25, -0.2) is 4.98 Å². The van der Waals surface area contributed by atoms with E-state index < -0.39 is 17.6 Å². The molecule has 1 aliphatic heterocycles. The van der Waals surface area contributed by atoms with Crippen LogP contribution in [-0.4, -0.2) is 56.2 Å². The van der Waals surface area contributed by atoms with Crippen molar-refractivity contribution in [1.82, 2.24) is 9.88 Å². The van der Waals surface area contributed by atoms with E-state index in [0.29, 0.717) is 43.2 Å². The molecule has 1 fully saturated rings. The van der Waals surface area contributed by atoms with E-state index in [1.165, 1.54) is 23.5 Å². The molecule has 0 atom stereocenters. The van der Waals surface area contributed by atoms with Crippen molar-refractivity contribution in [2.45, 2.75) is 6.18 Å². The lowest BCUT2D eigenvalue weighted by Crippen LogP contribution is -2.48. The third kappa shape index (κ3) is 4.12. The number of carbonyl (C=O) groups is 1. The molecule has 0 saturated carbocycles. The number of fused-ring (bicyclic) bond motifs is 1. The van der Waals surface area contributed by atoms with Crippen molar-refractivity contribution < 1.29 is 27.4 Å². The zero-order chi connectivity index (χ0) is 22.2. The van der Waals surface area contributed by atoms with E-state index in [4.69, 9.17) is 14.5 Å². The maximum absolute atomic E-state index is 12.9. The number of halogens is 3. The van der Waals surface area contributed by atoms with Crippen molar-refractivity contribution in [2.24, 2.45) is 0 Å². The highest BCUT2D eigenvalue weighted by molar-refractivity contribution is 7.22. The van der Waals surface area contributed by atoms with Gasteiger partial charge in [0, 0.05) is 31.7 Å². The molecule has 10 heteroatoms. The molecule has 4 rings (SSSR count). The highest BCUT2D eigenvalue weighted by Gasteiger charge is 2.32. The maximum atomic E-state index is 12.9. The smallest absolute Gasteiger partial charge is 0.416 e. The molecule has 0 aliphatic carbocycles. The van der Waals surface area contributed by atoms with Gasteiger partial charge in [-0.2, -0.15) is 13.2 Å². The van der Waals surface area contributed by atoms with Crippen molar-refractivity contribution in [3.63, 3.8) is 0 Å². The summed E-state index contributed by atoms with van der Waals surface area (Å²) >= 11 is 1.51. The second kappa shape index (κ2) is 8.26. The van der Waals surface area contributed by atoms with Gasteiger partial charge in [0.05, 0.1) is 24.5 Å². The van der Waals surface area contributed by atoms with Gasteiger partial charge in [0.2, 0.25) is 0 Å². The Bertz CT molecular complexity index is 1110. The number of alkyl halides is 3. The topological polar surface area (TPSA) is 54.9 Å². The van der Waals surface area contributed by atoms with Crippen LogP contribution in [0.15, 0.2) is 36.4 Å². The lowest BCUT2D eigenvalue weighted by molar-refractivity contribution is -0.137. The van der Waals surface area contributed by atoms with Crippen LogP contribution < -0.4 is 14.4 Å². The number of piperazine rings is 1. The van der Waals surface area contributed by atoms with Crippen molar-refractivity contribution >= 4 is 32.6 Å². The molecule has 31 heavy (non-hydrogen) atoms. The van der Waals surface area contributed by atoms with Gasteiger partial charge in [0.25, 0.3) is 5.91 Å². The van der Waals surface area contributed by atoms with E-state index in [2.05, 4.69) is 4.90 Å². The number of amides is 1. The molecule has 3 aromatic rings. The van der Waals surface area contributed by atoms with E-state index >= 15 is 0 Å². The number of benzene rings is 2. The van der Waals surface area contributed by atoms with Crippen molar-refractivity contribution in [2.75, 3.05) is 45.3 Å². The molecule has 0 spiro atoms. The molecule has 6 nitrogen and oxygen atoms in total. The summed E-state index contributed by atoms with van der Waals surface area (Å²) in [6.45, 7) is 1.85. The van der Waals surface area contributed by atoms with Crippen LogP contribution >= 0.6 is 11.3 Å². The van der Waals surface area contributed by atoms with Crippen LogP contribution in [0.25, 0.3) is 10.2 Å². The first-order chi connectivity index (χ1) is 14.8. The number of thiazole rings is 1. The number of aromatic nitrogens is 1. The number of carbonyl (C=O) groups excluding carboxylic acids is 1. The summed E-state index contributed by atoms with van der Waals surface area (Å²) in [5, 5.41) is 0.799. The largest absolute Gasteiger partial charge is 0.493 e. The van der Waals surface area contributed by atoms with Crippen LogP contribution in [0.5, 0.6) is 11.5 Å². The Balaban J connectivity index is 1.48. The first-order valence-corrected chi connectivity index (χ1v) is 10.4. The number of anilines is 1. The molecule has 2 heterocycles. The summed E-state index contributed by atoms with van der Waals surface area (Å²) in [5.41, 5.74) is -0.0692. The SMILES string of the molecule is COc1ccc2sc(N3CCN(C(=O)c4cccc(C(F)(F)F)c4)CC3)nc2c1OC. The highest BCUT2D eigenvalue weighted by Crippen LogP contribution is 2.40. The molecule has 1 saturated heterocycles. The zero-order valence-electron chi connectivity index (χ0n) is 16.9. The predicted molar refractivity (Wildman–Crippen MR) is 112 cm³/mol. The summed E-state index contributed by atoms with van der Waals surface area (Å²) in [4.78, 5) is 21.0. The van der Waals surface area contributed by atoms with Crippen LogP contribution in [0, 0.1) is 0 Å². The number of hydrogen-bond donors (Lipinski definition) is 0. The Morgan fingerprint density at radius 3 is 2.45 bits per heavy atom. The molecule has 2 aromatic carbocycles. The second-order valence-corrected chi connectivity index (χ2v) is 8.01. The lowest BCUT2D eigenvalue weighted by Gasteiger charge is -2.34. The summed E-state index contributed by atoms with van der Waals surface area (Å²) in [6.07, 6.45) is -4.48. The normalized spacial score (nSPS) is 14.7. The first kappa shape index (κ1) is 21.2. The Hall–Kier alpha value is -3.01. The zero-order valence-corrected chi connectivity index (χ0v) is 17.7. The van der Waals surface area contributed by atoms with Crippen molar-refractivity contribution in [3.8, 4) is 11.5 Å². The van der Waals surface area contributed by atoms with Gasteiger partial charge >= 0.3 is 6.18 Å². The first-order valence-electron chi connectivity index (χ1n) is 9.55. The molecule has 1 aliphatic rings. The van der Waals surface area contributed by atoms with E-state index in [1.807, 2.05) is 12.1 Å². The third-order valence-electron chi connectivity index (χ3n) is 5.17. The Morgan fingerprint density at radius 1 is 1.06 bits per heavy atom. The minimum atomic E-state index is -4.48. The van der Waals surface area contributed by atoms with Crippen LogP contribution in [0.2, 0.25) is 0 Å². The van der Waals surface area contributed by atoms with Crippen LogP contribution in [0.1, 0.15) is 15.9 Å². The predicted octanol–water partition coefficient (Wildman–Crippen LogP) is 4.29. The minimum Gasteiger partial charge on any atom is -0.493 e. The minimum absolute atomic E-state index is 0.0418. The van der Waals surface area contributed by atoms with Gasteiger partial charge in [-0.1, -0.05) is 17.4 Å². The third-order valence-corrected chi connectivity index (χ3v) is 6.25. The molecule has 0 unspecified atom stereocenters. The Morgan fingerprint density at radius 2 is 1.81 bits per heavy atom. The van der Waals surface area contributed by atoms with Crippen LogP contribution in [0.3, 0.4) is 0 Å². The molecule has 0 radical (unpaired) electrons. The average Bonchev–Trinajstić information content (AvgIpc) is 3.22. The quantitative estimate of drug-likeness (QED) is 0.592. The monoisotopic (exact) mass is 451 g/mol. The maximum Gasteiger partial charge on any atom is 0.416 e. The standard InChI is InChI=1S/C21H20F3N3O3S/c1-29-15-6-7-16-17(18(15)30-2)25-20(31-16)27-10-8-26(9-11-27)19(28)13-4-3-5-14(12-13)21(22,23)24/h3-7,12H,8-11H2,1-2H3. The Kier molecular flexibility index (Phi) is 5.65. The number of hydrogen-bond acceptors (Lipinski definition) is 6. The van der Waals surface area contributed by atoms with Crippen molar-refractivity contribution in [3.05, 3.63) is 47.5 Å². The number of ether oxygens (including phenoxy) is 2. The summed E-state index contributed by atoms with van der Waals surface area (Å²) in [7, 11) is 3.13. The fourth-order valence-corrected chi connectivity index (χ4v) is 4.56. The average molecular weight is 451 g/mol. The molecular formula is C21H20F3N3O3S. The summed E-state index contributed by atoms with van der Waals surface area (Å²) in [5.74, 6) is 0.769. The van der Waals surface area contributed by atoms with E-state index in [9.17, 15) is 18.0 Å². The molecular weight excluding hydrogens is 431 g/mol. The molecule has 1 aromatic heterocycles. The van der Waals surface area contributed by atoms with Crippen molar-refractivity contribution in [1.29, 1.82) is 0 Å². The summed E-state index contributed by atoms with van der Waals surface area (Å²) < 4.78 is 50.6. The van der Waals surface area contributed by atoms with E-state index in [0.717, 1.165) is 22.0 Å². The van der Waals surface area contributed by atoms with Gasteiger partial charge in [0.15, 0.2) is 16.6 Å².